The van der Waals surface area contributed by atoms with Crippen molar-refractivity contribution in [1.29, 1.82) is 0 Å². The molecule has 0 bridgehead atoms. The maximum atomic E-state index is 5.52. The summed E-state index contributed by atoms with van der Waals surface area (Å²) in [5.41, 5.74) is 2.35. The second-order valence-electron chi connectivity index (χ2n) is 3.30. The molecule has 0 aliphatic carbocycles. The molecule has 0 heterocycles. The normalized spacial score (nSPS) is 10.3. The SMILES string of the molecule is C=C[C](C)c1ccc(C)c(OCC)c1. The van der Waals surface area contributed by atoms with Crippen LogP contribution in [-0.4, -0.2) is 6.61 Å². The summed E-state index contributed by atoms with van der Waals surface area (Å²) >= 11 is 0. The molecule has 1 nitrogen and oxygen atoms in total. The van der Waals surface area contributed by atoms with Crippen LogP contribution in [0.4, 0.5) is 0 Å². The molecule has 1 aromatic rings. The molecule has 1 heteroatoms. The van der Waals surface area contributed by atoms with E-state index < -0.39 is 0 Å². The van der Waals surface area contributed by atoms with Gasteiger partial charge in [-0.2, -0.15) is 0 Å². The van der Waals surface area contributed by atoms with Crippen molar-refractivity contribution in [1.82, 2.24) is 0 Å². The van der Waals surface area contributed by atoms with E-state index in [-0.39, 0.29) is 0 Å². The van der Waals surface area contributed by atoms with Gasteiger partial charge in [0.2, 0.25) is 0 Å². The summed E-state index contributed by atoms with van der Waals surface area (Å²) in [6.45, 7) is 10.6. The van der Waals surface area contributed by atoms with Crippen LogP contribution in [-0.2, 0) is 0 Å². The standard InChI is InChI=1S/C13H17O/c1-5-10(3)12-8-7-11(4)13(9-12)14-6-2/h5,7-9H,1,6H2,2-4H3. The zero-order valence-corrected chi connectivity index (χ0v) is 9.13. The Hall–Kier alpha value is -1.24. The van der Waals surface area contributed by atoms with Crippen molar-refractivity contribution in [2.75, 3.05) is 6.61 Å². The zero-order valence-electron chi connectivity index (χ0n) is 9.13. The van der Waals surface area contributed by atoms with Gasteiger partial charge in [-0.05, 0) is 31.0 Å². The quantitative estimate of drug-likeness (QED) is 0.704. The molecule has 0 saturated heterocycles. The van der Waals surface area contributed by atoms with Gasteiger partial charge in [0.1, 0.15) is 5.75 Å². The number of hydrogen-bond donors (Lipinski definition) is 0. The Labute approximate surface area is 86.4 Å². The molecule has 0 unspecified atom stereocenters. The van der Waals surface area contributed by atoms with Gasteiger partial charge in [0.25, 0.3) is 0 Å². The number of ether oxygens (including phenoxy) is 1. The van der Waals surface area contributed by atoms with Gasteiger partial charge in [0, 0.05) is 5.92 Å². The first-order chi connectivity index (χ1) is 6.69. The number of rotatable bonds is 4. The average Bonchev–Trinajstić information content (AvgIpc) is 2.20. The van der Waals surface area contributed by atoms with E-state index in [4.69, 9.17) is 4.74 Å². The lowest BCUT2D eigenvalue weighted by Gasteiger charge is -2.11. The minimum absolute atomic E-state index is 0.706. The van der Waals surface area contributed by atoms with Gasteiger partial charge in [0.05, 0.1) is 6.61 Å². The van der Waals surface area contributed by atoms with E-state index in [1.807, 2.05) is 19.9 Å². The topological polar surface area (TPSA) is 9.23 Å². The van der Waals surface area contributed by atoms with Crippen LogP contribution in [0.3, 0.4) is 0 Å². The van der Waals surface area contributed by atoms with Gasteiger partial charge in [-0.15, -0.1) is 6.58 Å². The predicted octanol–water partition coefficient (Wildman–Crippen LogP) is 3.52. The van der Waals surface area contributed by atoms with E-state index in [0.717, 1.165) is 5.75 Å². The van der Waals surface area contributed by atoms with Crippen molar-refractivity contribution in [3.8, 4) is 5.75 Å². The largest absolute Gasteiger partial charge is 0.494 e. The second-order valence-corrected chi connectivity index (χ2v) is 3.30. The van der Waals surface area contributed by atoms with Crippen molar-refractivity contribution in [2.24, 2.45) is 0 Å². The number of aryl methyl sites for hydroxylation is 1. The van der Waals surface area contributed by atoms with Gasteiger partial charge >= 0.3 is 0 Å². The minimum Gasteiger partial charge on any atom is -0.494 e. The molecule has 0 spiro atoms. The Morgan fingerprint density at radius 2 is 2.21 bits per heavy atom. The highest BCUT2D eigenvalue weighted by atomic mass is 16.5. The molecule has 75 valence electrons. The fourth-order valence-electron chi connectivity index (χ4n) is 1.27. The smallest absolute Gasteiger partial charge is 0.122 e. The fraction of sp³-hybridized carbons (Fsp3) is 0.308. The molecule has 0 amide bonds. The van der Waals surface area contributed by atoms with E-state index in [2.05, 4.69) is 31.7 Å². The summed E-state index contributed by atoms with van der Waals surface area (Å²) < 4.78 is 5.52. The Bertz CT molecular complexity index is 315. The summed E-state index contributed by atoms with van der Waals surface area (Å²) in [5, 5.41) is 0. The maximum Gasteiger partial charge on any atom is 0.122 e. The van der Waals surface area contributed by atoms with E-state index in [1.165, 1.54) is 17.0 Å². The van der Waals surface area contributed by atoms with Gasteiger partial charge in [-0.3, -0.25) is 0 Å². The molecule has 0 aliphatic heterocycles. The van der Waals surface area contributed by atoms with E-state index in [1.54, 1.807) is 0 Å². The summed E-state index contributed by atoms with van der Waals surface area (Å²) in [6, 6.07) is 6.23. The first-order valence-electron chi connectivity index (χ1n) is 4.88. The highest BCUT2D eigenvalue weighted by molar-refractivity contribution is 5.44. The molecular formula is C13H17O. The van der Waals surface area contributed by atoms with Gasteiger partial charge in [-0.25, -0.2) is 0 Å². The maximum absolute atomic E-state index is 5.52. The first kappa shape index (κ1) is 10.8. The molecule has 0 atom stereocenters. The third kappa shape index (κ3) is 2.38. The summed E-state index contributed by atoms with van der Waals surface area (Å²) in [4.78, 5) is 0. The first-order valence-corrected chi connectivity index (χ1v) is 4.88. The molecule has 0 N–H and O–H groups in total. The highest BCUT2D eigenvalue weighted by Crippen LogP contribution is 2.24. The molecule has 14 heavy (non-hydrogen) atoms. The third-order valence-corrected chi connectivity index (χ3v) is 2.25. The van der Waals surface area contributed by atoms with Crippen LogP contribution in [0, 0.1) is 12.8 Å². The van der Waals surface area contributed by atoms with E-state index in [0.29, 0.717) is 6.61 Å². The Kier molecular flexibility index (Phi) is 3.75. The third-order valence-electron chi connectivity index (χ3n) is 2.25. The van der Waals surface area contributed by atoms with Crippen LogP contribution in [0.25, 0.3) is 0 Å². The predicted molar refractivity (Wildman–Crippen MR) is 60.6 cm³/mol. The molecule has 0 aromatic heterocycles. The number of benzene rings is 1. The van der Waals surface area contributed by atoms with Crippen molar-refractivity contribution in [3.63, 3.8) is 0 Å². The van der Waals surface area contributed by atoms with Crippen LogP contribution >= 0.6 is 0 Å². The molecule has 1 rings (SSSR count). The van der Waals surface area contributed by atoms with Crippen molar-refractivity contribution >= 4 is 0 Å². The van der Waals surface area contributed by atoms with Crippen molar-refractivity contribution < 1.29 is 4.74 Å². The van der Waals surface area contributed by atoms with Crippen LogP contribution in [0.1, 0.15) is 25.0 Å². The van der Waals surface area contributed by atoms with E-state index >= 15 is 0 Å². The molecule has 0 fully saturated rings. The Balaban J connectivity index is 2.99. The van der Waals surface area contributed by atoms with Gasteiger partial charge < -0.3 is 4.74 Å². The minimum atomic E-state index is 0.706. The number of hydrogen-bond acceptors (Lipinski definition) is 1. The summed E-state index contributed by atoms with van der Waals surface area (Å²) in [5.74, 6) is 2.14. The summed E-state index contributed by atoms with van der Waals surface area (Å²) in [6.07, 6.45) is 1.86. The highest BCUT2D eigenvalue weighted by Gasteiger charge is 2.05. The fourth-order valence-corrected chi connectivity index (χ4v) is 1.27. The number of allylic oxidation sites excluding steroid dienone is 1. The monoisotopic (exact) mass is 189 g/mol. The second kappa shape index (κ2) is 4.85. The lowest BCUT2D eigenvalue weighted by Crippen LogP contribution is -1.97. The van der Waals surface area contributed by atoms with Crippen LogP contribution < -0.4 is 4.74 Å². The van der Waals surface area contributed by atoms with Gasteiger partial charge in [0.15, 0.2) is 0 Å². The van der Waals surface area contributed by atoms with Crippen LogP contribution in [0.2, 0.25) is 0 Å². The molecule has 0 saturated carbocycles. The lowest BCUT2D eigenvalue weighted by atomic mass is 10.00. The van der Waals surface area contributed by atoms with E-state index in [9.17, 15) is 0 Å². The lowest BCUT2D eigenvalue weighted by molar-refractivity contribution is 0.337. The molecule has 1 radical (unpaired) electrons. The van der Waals surface area contributed by atoms with Crippen molar-refractivity contribution in [2.45, 2.75) is 20.8 Å². The van der Waals surface area contributed by atoms with Crippen molar-refractivity contribution in [3.05, 3.63) is 47.9 Å². The van der Waals surface area contributed by atoms with Crippen LogP contribution in [0.5, 0.6) is 5.75 Å². The zero-order chi connectivity index (χ0) is 10.6. The Morgan fingerprint density at radius 3 is 2.79 bits per heavy atom. The van der Waals surface area contributed by atoms with Gasteiger partial charge in [-0.1, -0.05) is 25.1 Å². The average molecular weight is 189 g/mol. The molecular weight excluding hydrogens is 172 g/mol. The van der Waals surface area contributed by atoms with Crippen LogP contribution in [0.15, 0.2) is 30.9 Å². The Morgan fingerprint density at radius 1 is 1.50 bits per heavy atom. The molecule has 1 aromatic carbocycles. The molecule has 0 aliphatic rings. The summed E-state index contributed by atoms with van der Waals surface area (Å²) in [7, 11) is 0.